The van der Waals surface area contributed by atoms with Crippen LogP contribution in [0.25, 0.3) is 0 Å². The summed E-state index contributed by atoms with van der Waals surface area (Å²) in [7, 11) is 1.60. The van der Waals surface area contributed by atoms with Gasteiger partial charge in [-0.2, -0.15) is 0 Å². The highest BCUT2D eigenvalue weighted by molar-refractivity contribution is 9.10. The highest BCUT2D eigenvalue weighted by Gasteiger charge is 2.34. The summed E-state index contributed by atoms with van der Waals surface area (Å²) in [6.45, 7) is 0. The van der Waals surface area contributed by atoms with Gasteiger partial charge in [0.15, 0.2) is 0 Å². The Hall–Kier alpha value is -3.32. The Balaban J connectivity index is 1.69. The molecule has 1 aliphatic rings. The molecule has 0 saturated carbocycles. The Bertz CT molecular complexity index is 1050. The first-order valence-electron chi connectivity index (χ1n) is 8.96. The molecule has 1 aliphatic heterocycles. The van der Waals surface area contributed by atoms with E-state index >= 15 is 0 Å². The van der Waals surface area contributed by atoms with Gasteiger partial charge < -0.3 is 10.1 Å². The maximum atomic E-state index is 13.2. The van der Waals surface area contributed by atoms with Crippen LogP contribution in [-0.2, 0) is 0 Å². The SMILES string of the molecule is COc1ccc(C2Nc3ccccc3C(=O)N2NC(=O)c2ccc(Br)cc2)cc1. The zero-order chi connectivity index (χ0) is 20.4. The number of methoxy groups -OCH3 is 1. The molecular formula is C22H18BrN3O3. The lowest BCUT2D eigenvalue weighted by Crippen LogP contribution is -2.52. The number of rotatable bonds is 4. The second-order valence-electron chi connectivity index (χ2n) is 6.49. The molecule has 1 atom stereocenters. The highest BCUT2D eigenvalue weighted by Crippen LogP contribution is 2.32. The van der Waals surface area contributed by atoms with Crippen molar-refractivity contribution in [2.24, 2.45) is 0 Å². The Morgan fingerprint density at radius 3 is 2.41 bits per heavy atom. The summed E-state index contributed by atoms with van der Waals surface area (Å²) in [5, 5.41) is 4.67. The van der Waals surface area contributed by atoms with Crippen molar-refractivity contribution in [3.63, 3.8) is 0 Å². The molecule has 1 unspecified atom stereocenters. The standard InChI is InChI=1S/C22H18BrN3O3/c1-29-17-12-8-14(9-13-17)20-24-19-5-3-2-4-18(19)22(28)26(20)25-21(27)15-6-10-16(23)11-7-15/h2-13,20,24H,1H3,(H,25,27). The molecule has 146 valence electrons. The van der Waals surface area contributed by atoms with Crippen molar-refractivity contribution in [1.29, 1.82) is 0 Å². The fourth-order valence-electron chi connectivity index (χ4n) is 3.16. The molecule has 29 heavy (non-hydrogen) atoms. The normalized spacial score (nSPS) is 15.3. The number of para-hydroxylation sites is 1. The molecule has 3 aromatic rings. The van der Waals surface area contributed by atoms with E-state index in [-0.39, 0.29) is 11.8 Å². The van der Waals surface area contributed by atoms with Gasteiger partial charge in [0.25, 0.3) is 11.8 Å². The van der Waals surface area contributed by atoms with Gasteiger partial charge in [-0.05, 0) is 54.1 Å². The zero-order valence-corrected chi connectivity index (χ0v) is 17.1. The number of hydrogen-bond acceptors (Lipinski definition) is 4. The van der Waals surface area contributed by atoms with Gasteiger partial charge in [0.1, 0.15) is 11.9 Å². The molecule has 2 N–H and O–H groups in total. The molecule has 4 rings (SSSR count). The number of ether oxygens (including phenoxy) is 1. The molecule has 0 aliphatic carbocycles. The number of nitrogens with zero attached hydrogens (tertiary/aromatic N) is 1. The minimum atomic E-state index is -0.567. The zero-order valence-electron chi connectivity index (χ0n) is 15.6. The van der Waals surface area contributed by atoms with Crippen LogP contribution in [0.5, 0.6) is 5.75 Å². The summed E-state index contributed by atoms with van der Waals surface area (Å²) < 4.78 is 6.09. The van der Waals surface area contributed by atoms with Crippen molar-refractivity contribution >= 4 is 33.4 Å². The molecule has 0 spiro atoms. The summed E-state index contributed by atoms with van der Waals surface area (Å²) in [5.74, 6) is 0.0536. The van der Waals surface area contributed by atoms with Crippen LogP contribution < -0.4 is 15.5 Å². The molecule has 0 saturated heterocycles. The van der Waals surface area contributed by atoms with Crippen molar-refractivity contribution in [1.82, 2.24) is 10.4 Å². The summed E-state index contributed by atoms with van der Waals surface area (Å²) in [5.41, 5.74) is 5.23. The summed E-state index contributed by atoms with van der Waals surface area (Å²) >= 11 is 3.36. The number of amides is 2. The van der Waals surface area contributed by atoms with Crippen LogP contribution in [0.15, 0.2) is 77.3 Å². The lowest BCUT2D eigenvalue weighted by molar-refractivity contribution is 0.0491. The summed E-state index contributed by atoms with van der Waals surface area (Å²) in [6, 6.07) is 21.5. The van der Waals surface area contributed by atoms with Gasteiger partial charge in [0.2, 0.25) is 0 Å². The van der Waals surface area contributed by atoms with Crippen molar-refractivity contribution in [3.8, 4) is 5.75 Å². The Morgan fingerprint density at radius 1 is 1.03 bits per heavy atom. The minimum Gasteiger partial charge on any atom is -0.497 e. The molecule has 0 bridgehead atoms. The van der Waals surface area contributed by atoms with Gasteiger partial charge in [0.05, 0.1) is 12.7 Å². The second kappa shape index (κ2) is 7.97. The number of hydrogen-bond donors (Lipinski definition) is 2. The first-order chi connectivity index (χ1) is 14.1. The lowest BCUT2D eigenvalue weighted by Gasteiger charge is -2.37. The molecule has 6 nitrogen and oxygen atoms in total. The van der Waals surface area contributed by atoms with Crippen LogP contribution in [0, 0.1) is 0 Å². The van der Waals surface area contributed by atoms with E-state index in [0.717, 1.165) is 10.0 Å². The Labute approximate surface area is 176 Å². The average molecular weight is 452 g/mol. The molecule has 3 aromatic carbocycles. The van der Waals surface area contributed by atoms with Crippen molar-refractivity contribution < 1.29 is 14.3 Å². The molecule has 0 aromatic heterocycles. The number of nitrogens with one attached hydrogen (secondary N) is 2. The van der Waals surface area contributed by atoms with Crippen LogP contribution in [0.2, 0.25) is 0 Å². The van der Waals surface area contributed by atoms with Crippen molar-refractivity contribution in [2.75, 3.05) is 12.4 Å². The maximum absolute atomic E-state index is 13.2. The third-order valence-electron chi connectivity index (χ3n) is 4.69. The van der Waals surface area contributed by atoms with E-state index in [0.29, 0.717) is 22.6 Å². The van der Waals surface area contributed by atoms with E-state index in [9.17, 15) is 9.59 Å². The third kappa shape index (κ3) is 3.82. The summed E-state index contributed by atoms with van der Waals surface area (Å²) in [4.78, 5) is 26.0. The van der Waals surface area contributed by atoms with Gasteiger partial charge in [-0.3, -0.25) is 15.0 Å². The smallest absolute Gasteiger partial charge is 0.276 e. The van der Waals surface area contributed by atoms with Gasteiger partial charge >= 0.3 is 0 Å². The molecule has 0 radical (unpaired) electrons. The number of halogens is 1. The number of carbonyl (C=O) groups is 2. The third-order valence-corrected chi connectivity index (χ3v) is 5.22. The average Bonchev–Trinajstić information content (AvgIpc) is 2.76. The van der Waals surface area contributed by atoms with E-state index in [1.807, 2.05) is 36.4 Å². The number of anilines is 1. The first kappa shape index (κ1) is 19.0. The first-order valence-corrected chi connectivity index (χ1v) is 9.76. The quantitative estimate of drug-likeness (QED) is 0.617. The van der Waals surface area contributed by atoms with Crippen LogP contribution in [-0.4, -0.2) is 23.9 Å². The van der Waals surface area contributed by atoms with E-state index in [4.69, 9.17) is 4.74 Å². The van der Waals surface area contributed by atoms with E-state index < -0.39 is 6.17 Å². The number of fused-ring (bicyclic) bond motifs is 1. The summed E-state index contributed by atoms with van der Waals surface area (Å²) in [6.07, 6.45) is -0.567. The molecule has 7 heteroatoms. The monoisotopic (exact) mass is 451 g/mol. The van der Waals surface area contributed by atoms with Crippen LogP contribution >= 0.6 is 15.9 Å². The van der Waals surface area contributed by atoms with Gasteiger partial charge in [0, 0.05) is 15.7 Å². The van der Waals surface area contributed by atoms with E-state index in [1.165, 1.54) is 5.01 Å². The molecular weight excluding hydrogens is 434 g/mol. The minimum absolute atomic E-state index is 0.286. The van der Waals surface area contributed by atoms with Crippen LogP contribution in [0.4, 0.5) is 5.69 Å². The largest absolute Gasteiger partial charge is 0.497 e. The molecule has 1 heterocycles. The van der Waals surface area contributed by atoms with Crippen molar-refractivity contribution in [3.05, 3.63) is 94.0 Å². The number of carbonyl (C=O) groups excluding carboxylic acids is 2. The number of benzene rings is 3. The highest BCUT2D eigenvalue weighted by atomic mass is 79.9. The fraction of sp³-hybridized carbons (Fsp3) is 0.0909. The fourth-order valence-corrected chi connectivity index (χ4v) is 3.43. The van der Waals surface area contributed by atoms with Crippen LogP contribution in [0.3, 0.4) is 0 Å². The predicted octanol–water partition coefficient (Wildman–Crippen LogP) is 4.37. The topological polar surface area (TPSA) is 70.7 Å². The van der Waals surface area contributed by atoms with Gasteiger partial charge in [-0.15, -0.1) is 0 Å². The molecule has 2 amide bonds. The lowest BCUT2D eigenvalue weighted by atomic mass is 10.0. The van der Waals surface area contributed by atoms with Gasteiger partial charge in [-0.25, -0.2) is 5.01 Å². The predicted molar refractivity (Wildman–Crippen MR) is 114 cm³/mol. The Morgan fingerprint density at radius 2 is 1.72 bits per heavy atom. The van der Waals surface area contributed by atoms with Crippen molar-refractivity contribution in [2.45, 2.75) is 6.17 Å². The molecule has 0 fully saturated rings. The number of hydrazine groups is 1. The Kier molecular flexibility index (Phi) is 5.22. The van der Waals surface area contributed by atoms with Crippen LogP contribution in [0.1, 0.15) is 32.4 Å². The second-order valence-corrected chi connectivity index (χ2v) is 7.40. The van der Waals surface area contributed by atoms with E-state index in [1.54, 1.807) is 43.5 Å². The van der Waals surface area contributed by atoms with Gasteiger partial charge in [-0.1, -0.05) is 40.2 Å². The van der Waals surface area contributed by atoms with E-state index in [2.05, 4.69) is 26.7 Å². The maximum Gasteiger partial charge on any atom is 0.276 e.